The summed E-state index contributed by atoms with van der Waals surface area (Å²) in [6.07, 6.45) is 9.04. The predicted molar refractivity (Wildman–Crippen MR) is 71.7 cm³/mol. The zero-order chi connectivity index (χ0) is 12.4. The van der Waals surface area contributed by atoms with Crippen LogP contribution >= 0.6 is 0 Å². The van der Waals surface area contributed by atoms with Crippen LogP contribution < -0.4 is 4.74 Å². The molecule has 1 spiro atoms. The van der Waals surface area contributed by atoms with Gasteiger partial charge in [0.15, 0.2) is 0 Å². The molecule has 98 valence electrons. The summed E-state index contributed by atoms with van der Waals surface area (Å²) in [5.74, 6) is 0.900. The van der Waals surface area contributed by atoms with Gasteiger partial charge in [-0.25, -0.2) is 0 Å². The average molecular weight is 246 g/mol. The maximum absolute atomic E-state index is 10.4. The second-order valence-corrected chi connectivity index (χ2v) is 5.81. The predicted octanol–water partition coefficient (Wildman–Crippen LogP) is 3.99. The molecule has 1 aromatic rings. The fourth-order valence-corrected chi connectivity index (χ4v) is 3.44. The molecule has 2 aliphatic rings. The van der Waals surface area contributed by atoms with Crippen LogP contribution in [-0.4, -0.2) is 10.7 Å². The van der Waals surface area contributed by atoms with Gasteiger partial charge in [0.05, 0.1) is 6.10 Å². The Hall–Kier alpha value is -1.02. The van der Waals surface area contributed by atoms with Crippen molar-refractivity contribution >= 4 is 0 Å². The number of fused-ring (bicyclic) bond motifs is 1. The van der Waals surface area contributed by atoms with Crippen LogP contribution in [0.2, 0.25) is 0 Å². The van der Waals surface area contributed by atoms with Gasteiger partial charge in [-0.1, -0.05) is 37.5 Å². The number of hydrogen-bond acceptors (Lipinski definition) is 2. The highest BCUT2D eigenvalue weighted by Crippen LogP contribution is 2.44. The van der Waals surface area contributed by atoms with E-state index in [1.165, 1.54) is 32.1 Å². The summed E-state index contributed by atoms with van der Waals surface area (Å²) in [6.45, 7) is 0. The number of para-hydroxylation sites is 1. The van der Waals surface area contributed by atoms with E-state index >= 15 is 0 Å². The lowest BCUT2D eigenvalue weighted by Crippen LogP contribution is -2.41. The first kappa shape index (κ1) is 12.0. The van der Waals surface area contributed by atoms with Gasteiger partial charge in [0, 0.05) is 12.0 Å². The van der Waals surface area contributed by atoms with Gasteiger partial charge in [0.25, 0.3) is 0 Å². The zero-order valence-corrected chi connectivity index (χ0v) is 10.9. The highest BCUT2D eigenvalue weighted by Gasteiger charge is 2.39. The number of rotatable bonds is 0. The van der Waals surface area contributed by atoms with Crippen molar-refractivity contribution in [1.82, 2.24) is 0 Å². The van der Waals surface area contributed by atoms with Crippen LogP contribution in [0, 0.1) is 0 Å². The monoisotopic (exact) mass is 246 g/mol. The molecule has 1 atom stereocenters. The van der Waals surface area contributed by atoms with Gasteiger partial charge in [0.2, 0.25) is 0 Å². The second-order valence-electron chi connectivity index (χ2n) is 5.81. The first-order chi connectivity index (χ1) is 8.79. The van der Waals surface area contributed by atoms with E-state index in [0.29, 0.717) is 0 Å². The van der Waals surface area contributed by atoms with Gasteiger partial charge >= 0.3 is 0 Å². The Kier molecular flexibility index (Phi) is 3.29. The topological polar surface area (TPSA) is 29.5 Å². The van der Waals surface area contributed by atoms with Gasteiger partial charge in [0.1, 0.15) is 11.4 Å². The Labute approximate surface area is 109 Å². The Morgan fingerprint density at radius 3 is 2.44 bits per heavy atom. The van der Waals surface area contributed by atoms with E-state index in [2.05, 4.69) is 0 Å². The van der Waals surface area contributed by atoms with E-state index in [-0.39, 0.29) is 11.7 Å². The van der Waals surface area contributed by atoms with E-state index in [1.807, 2.05) is 24.3 Å². The molecule has 1 unspecified atom stereocenters. The first-order valence-corrected chi connectivity index (χ1v) is 7.25. The first-order valence-electron chi connectivity index (χ1n) is 7.25. The lowest BCUT2D eigenvalue weighted by molar-refractivity contribution is -0.0312. The lowest BCUT2D eigenvalue weighted by Gasteiger charge is -2.42. The fraction of sp³-hybridized carbons (Fsp3) is 0.625. The summed E-state index contributed by atoms with van der Waals surface area (Å²) in [6, 6.07) is 7.95. The van der Waals surface area contributed by atoms with Gasteiger partial charge < -0.3 is 9.84 Å². The van der Waals surface area contributed by atoms with E-state index in [1.54, 1.807) is 0 Å². The average Bonchev–Trinajstić information content (AvgIpc) is 2.35. The minimum Gasteiger partial charge on any atom is -0.487 e. The molecule has 0 bridgehead atoms. The Bertz CT molecular complexity index is 405. The maximum atomic E-state index is 10.4. The summed E-state index contributed by atoms with van der Waals surface area (Å²) >= 11 is 0. The molecule has 1 N–H and O–H groups in total. The lowest BCUT2D eigenvalue weighted by atomic mass is 9.79. The SMILES string of the molecule is OC1CC2(CCCCCCC2)Oc2ccccc21. The maximum Gasteiger partial charge on any atom is 0.125 e. The minimum atomic E-state index is -0.352. The third-order valence-electron chi connectivity index (χ3n) is 4.43. The van der Waals surface area contributed by atoms with Crippen LogP contribution in [0.3, 0.4) is 0 Å². The smallest absolute Gasteiger partial charge is 0.125 e. The Balaban J connectivity index is 1.86. The van der Waals surface area contributed by atoms with Crippen LogP contribution in [0.4, 0.5) is 0 Å². The molecule has 0 amide bonds. The summed E-state index contributed by atoms with van der Waals surface area (Å²) in [4.78, 5) is 0. The van der Waals surface area contributed by atoms with Gasteiger partial charge in [-0.15, -0.1) is 0 Å². The number of hydrogen-bond donors (Lipinski definition) is 1. The molecule has 1 saturated carbocycles. The number of aliphatic hydroxyl groups is 1. The van der Waals surface area contributed by atoms with Crippen molar-refractivity contribution in [1.29, 1.82) is 0 Å². The standard InChI is InChI=1S/C16H22O2/c17-14-12-16(10-6-2-1-3-7-11-16)18-15-9-5-4-8-13(14)15/h4-5,8-9,14,17H,1-3,6-7,10-12H2. The number of ether oxygens (including phenoxy) is 1. The molecule has 18 heavy (non-hydrogen) atoms. The van der Waals surface area contributed by atoms with E-state index in [9.17, 15) is 5.11 Å². The van der Waals surface area contributed by atoms with Gasteiger partial charge in [-0.05, 0) is 31.7 Å². The summed E-state index contributed by atoms with van der Waals surface area (Å²) < 4.78 is 6.31. The zero-order valence-electron chi connectivity index (χ0n) is 10.9. The molecule has 1 aliphatic carbocycles. The van der Waals surface area contributed by atoms with Crippen LogP contribution in [-0.2, 0) is 0 Å². The molecule has 1 fully saturated rings. The summed E-state index contributed by atoms with van der Waals surface area (Å²) in [7, 11) is 0. The van der Waals surface area contributed by atoms with Gasteiger partial charge in [-0.2, -0.15) is 0 Å². The molecule has 0 radical (unpaired) electrons. The number of aliphatic hydroxyl groups excluding tert-OH is 1. The van der Waals surface area contributed by atoms with Crippen molar-refractivity contribution < 1.29 is 9.84 Å². The third kappa shape index (κ3) is 2.26. The molecule has 1 heterocycles. The highest BCUT2D eigenvalue weighted by atomic mass is 16.5. The third-order valence-corrected chi connectivity index (χ3v) is 4.43. The normalized spacial score (nSPS) is 26.8. The van der Waals surface area contributed by atoms with Crippen molar-refractivity contribution in [3.63, 3.8) is 0 Å². The van der Waals surface area contributed by atoms with Crippen molar-refractivity contribution in [2.24, 2.45) is 0 Å². The van der Waals surface area contributed by atoms with E-state index in [0.717, 1.165) is 30.6 Å². The van der Waals surface area contributed by atoms with Gasteiger partial charge in [-0.3, -0.25) is 0 Å². The van der Waals surface area contributed by atoms with Crippen molar-refractivity contribution in [2.75, 3.05) is 0 Å². The molecule has 2 heteroatoms. The fourth-order valence-electron chi connectivity index (χ4n) is 3.44. The Morgan fingerprint density at radius 2 is 1.67 bits per heavy atom. The Morgan fingerprint density at radius 1 is 1.00 bits per heavy atom. The van der Waals surface area contributed by atoms with Crippen LogP contribution in [0.25, 0.3) is 0 Å². The number of benzene rings is 1. The molecular weight excluding hydrogens is 224 g/mol. The van der Waals surface area contributed by atoms with Crippen LogP contribution in [0.5, 0.6) is 5.75 Å². The molecule has 0 saturated heterocycles. The minimum absolute atomic E-state index is 0.103. The second kappa shape index (κ2) is 4.93. The van der Waals surface area contributed by atoms with Crippen LogP contribution in [0.1, 0.15) is 63.0 Å². The van der Waals surface area contributed by atoms with Crippen molar-refractivity contribution in [2.45, 2.75) is 63.1 Å². The summed E-state index contributed by atoms with van der Waals surface area (Å²) in [5.41, 5.74) is 0.860. The molecule has 1 aliphatic heterocycles. The van der Waals surface area contributed by atoms with Crippen molar-refractivity contribution in [3.8, 4) is 5.75 Å². The molecule has 2 nitrogen and oxygen atoms in total. The van der Waals surface area contributed by atoms with E-state index < -0.39 is 0 Å². The highest BCUT2D eigenvalue weighted by molar-refractivity contribution is 5.37. The van der Waals surface area contributed by atoms with Crippen LogP contribution in [0.15, 0.2) is 24.3 Å². The van der Waals surface area contributed by atoms with Crippen molar-refractivity contribution in [3.05, 3.63) is 29.8 Å². The molecule has 3 rings (SSSR count). The summed E-state index contributed by atoms with van der Waals surface area (Å²) in [5, 5.41) is 10.4. The molecule has 1 aromatic carbocycles. The van der Waals surface area contributed by atoms with E-state index in [4.69, 9.17) is 4.74 Å². The molecular formula is C16H22O2. The molecule has 0 aromatic heterocycles. The quantitative estimate of drug-likeness (QED) is 0.750. The largest absolute Gasteiger partial charge is 0.487 e.